The first-order valence-corrected chi connectivity index (χ1v) is 9.57. The van der Waals surface area contributed by atoms with E-state index >= 15 is 0 Å². The Balaban J connectivity index is 1.61. The number of amides is 1. The number of benzene rings is 1. The molecule has 1 amide bonds. The Bertz CT molecular complexity index is 794. The van der Waals surface area contributed by atoms with E-state index in [1.807, 2.05) is 42.7 Å². The van der Waals surface area contributed by atoms with Gasteiger partial charge in [0.15, 0.2) is 0 Å². The maximum absolute atomic E-state index is 12.1. The Hall–Kier alpha value is -2.41. The Morgan fingerprint density at radius 2 is 2.19 bits per heavy atom. The van der Waals surface area contributed by atoms with Gasteiger partial charge in [0.2, 0.25) is 5.91 Å². The Morgan fingerprint density at radius 1 is 1.37 bits per heavy atom. The highest BCUT2D eigenvalue weighted by atomic mass is 16.5. The van der Waals surface area contributed by atoms with E-state index in [1.165, 1.54) is 0 Å². The van der Waals surface area contributed by atoms with Gasteiger partial charge < -0.3 is 19.4 Å². The van der Waals surface area contributed by atoms with Crippen LogP contribution in [0.2, 0.25) is 0 Å². The van der Waals surface area contributed by atoms with Crippen molar-refractivity contribution in [1.29, 1.82) is 0 Å². The predicted octanol–water partition coefficient (Wildman–Crippen LogP) is 2.22. The van der Waals surface area contributed by atoms with Gasteiger partial charge in [-0.2, -0.15) is 0 Å². The number of hydrogen-bond acceptors (Lipinski definition) is 5. The van der Waals surface area contributed by atoms with Gasteiger partial charge >= 0.3 is 5.97 Å². The first-order valence-electron chi connectivity index (χ1n) is 9.57. The molecule has 1 unspecified atom stereocenters. The molecule has 1 saturated heterocycles. The van der Waals surface area contributed by atoms with Crippen LogP contribution in [0.15, 0.2) is 24.3 Å². The van der Waals surface area contributed by atoms with E-state index in [2.05, 4.69) is 10.3 Å². The lowest BCUT2D eigenvalue weighted by Gasteiger charge is -2.12. The van der Waals surface area contributed by atoms with Crippen molar-refractivity contribution in [3.05, 3.63) is 30.1 Å². The average Bonchev–Trinajstić information content (AvgIpc) is 3.27. The Labute approximate surface area is 159 Å². The molecule has 1 aromatic heterocycles. The van der Waals surface area contributed by atoms with E-state index in [0.29, 0.717) is 19.6 Å². The number of nitrogens with one attached hydrogen (secondary N) is 1. The van der Waals surface area contributed by atoms with Crippen molar-refractivity contribution < 1.29 is 19.1 Å². The highest BCUT2D eigenvalue weighted by Crippen LogP contribution is 2.17. The molecule has 0 spiro atoms. The number of carbonyl (C=O) groups excluding carboxylic acids is 2. The molecular formula is C20H27N3O4. The molecule has 3 rings (SSSR count). The van der Waals surface area contributed by atoms with Gasteiger partial charge in [0.25, 0.3) is 0 Å². The molecule has 1 aromatic carbocycles. The zero-order chi connectivity index (χ0) is 19.2. The quantitative estimate of drug-likeness (QED) is 0.567. The minimum Gasteiger partial charge on any atom is -0.462 e. The SMILES string of the molecule is CC(C)OC(=O)Cn1c(CCCNC(=O)C2CCCO2)nc2ccccc21. The topological polar surface area (TPSA) is 82.5 Å². The summed E-state index contributed by atoms with van der Waals surface area (Å²) in [5, 5.41) is 2.92. The molecular weight excluding hydrogens is 346 g/mol. The lowest BCUT2D eigenvalue weighted by molar-refractivity contribution is -0.148. The number of aryl methyl sites for hydroxylation is 1. The van der Waals surface area contributed by atoms with Gasteiger partial charge in [-0.05, 0) is 45.2 Å². The standard InChI is InChI=1S/C20H27N3O4/c1-14(2)27-19(24)13-23-16-8-4-3-7-15(16)22-18(23)10-5-11-21-20(25)17-9-6-12-26-17/h3-4,7-8,14,17H,5-6,9-13H2,1-2H3,(H,21,25). The van der Waals surface area contributed by atoms with E-state index in [9.17, 15) is 9.59 Å². The van der Waals surface area contributed by atoms with E-state index < -0.39 is 0 Å². The Morgan fingerprint density at radius 3 is 2.93 bits per heavy atom. The van der Waals surface area contributed by atoms with Crippen molar-refractivity contribution >= 4 is 22.9 Å². The smallest absolute Gasteiger partial charge is 0.326 e. The fourth-order valence-corrected chi connectivity index (χ4v) is 3.28. The third-order valence-electron chi connectivity index (χ3n) is 4.49. The minimum atomic E-state index is -0.305. The molecule has 1 aliphatic heterocycles. The van der Waals surface area contributed by atoms with Crippen LogP contribution in [0.4, 0.5) is 0 Å². The molecule has 1 fully saturated rings. The van der Waals surface area contributed by atoms with Crippen LogP contribution in [-0.2, 0) is 32.0 Å². The van der Waals surface area contributed by atoms with Crippen LogP contribution in [0.25, 0.3) is 11.0 Å². The van der Waals surface area contributed by atoms with Crippen molar-refractivity contribution in [2.75, 3.05) is 13.2 Å². The molecule has 0 bridgehead atoms. The summed E-state index contributed by atoms with van der Waals surface area (Å²) < 4.78 is 12.6. The number of ether oxygens (including phenoxy) is 2. The van der Waals surface area contributed by atoms with E-state index in [0.717, 1.165) is 36.1 Å². The van der Waals surface area contributed by atoms with E-state index in [4.69, 9.17) is 9.47 Å². The summed E-state index contributed by atoms with van der Waals surface area (Å²) in [5.41, 5.74) is 1.77. The van der Waals surface area contributed by atoms with Crippen LogP contribution in [0.3, 0.4) is 0 Å². The zero-order valence-corrected chi connectivity index (χ0v) is 15.9. The molecule has 0 saturated carbocycles. The van der Waals surface area contributed by atoms with Crippen molar-refractivity contribution in [1.82, 2.24) is 14.9 Å². The summed E-state index contributed by atoms with van der Waals surface area (Å²) in [6, 6.07) is 7.74. The van der Waals surface area contributed by atoms with Crippen LogP contribution >= 0.6 is 0 Å². The normalized spacial score (nSPS) is 16.8. The van der Waals surface area contributed by atoms with Gasteiger partial charge in [-0.1, -0.05) is 12.1 Å². The summed E-state index contributed by atoms with van der Waals surface area (Å²) in [5.74, 6) is 0.505. The van der Waals surface area contributed by atoms with Gasteiger partial charge in [-0.25, -0.2) is 4.98 Å². The molecule has 0 aliphatic carbocycles. The number of hydrogen-bond donors (Lipinski definition) is 1. The van der Waals surface area contributed by atoms with Gasteiger partial charge in [0, 0.05) is 19.6 Å². The summed E-state index contributed by atoms with van der Waals surface area (Å²) in [4.78, 5) is 28.8. The van der Waals surface area contributed by atoms with Crippen molar-refractivity contribution in [3.63, 3.8) is 0 Å². The number of aromatic nitrogens is 2. The third kappa shape index (κ3) is 5.07. The van der Waals surface area contributed by atoms with Crippen LogP contribution in [0.1, 0.15) is 38.9 Å². The lowest BCUT2D eigenvalue weighted by atomic mass is 10.2. The number of imidazole rings is 1. The second-order valence-corrected chi connectivity index (χ2v) is 7.04. The Kier molecular flexibility index (Phi) is 6.45. The van der Waals surface area contributed by atoms with Gasteiger partial charge in [-0.15, -0.1) is 0 Å². The summed E-state index contributed by atoms with van der Waals surface area (Å²) >= 11 is 0. The van der Waals surface area contributed by atoms with E-state index in [-0.39, 0.29) is 30.6 Å². The van der Waals surface area contributed by atoms with Crippen LogP contribution in [0, 0.1) is 0 Å². The first-order chi connectivity index (χ1) is 13.0. The molecule has 7 nitrogen and oxygen atoms in total. The summed E-state index contributed by atoms with van der Waals surface area (Å²) in [6.45, 7) is 5.02. The highest BCUT2D eigenvalue weighted by molar-refractivity contribution is 5.81. The number of fused-ring (bicyclic) bond motifs is 1. The zero-order valence-electron chi connectivity index (χ0n) is 15.9. The monoisotopic (exact) mass is 373 g/mol. The van der Waals surface area contributed by atoms with Crippen molar-refractivity contribution in [2.24, 2.45) is 0 Å². The molecule has 0 radical (unpaired) electrons. The van der Waals surface area contributed by atoms with Gasteiger partial charge in [0.1, 0.15) is 18.5 Å². The van der Waals surface area contributed by atoms with Crippen LogP contribution in [0.5, 0.6) is 0 Å². The number of esters is 1. The lowest BCUT2D eigenvalue weighted by Crippen LogP contribution is -2.34. The molecule has 1 atom stereocenters. The van der Waals surface area contributed by atoms with Crippen LogP contribution < -0.4 is 5.32 Å². The minimum absolute atomic E-state index is 0.0403. The number of rotatable bonds is 8. The third-order valence-corrected chi connectivity index (χ3v) is 4.49. The van der Waals surface area contributed by atoms with Crippen LogP contribution in [-0.4, -0.2) is 46.8 Å². The number of para-hydroxylation sites is 2. The largest absolute Gasteiger partial charge is 0.462 e. The second kappa shape index (κ2) is 8.99. The van der Waals surface area contributed by atoms with Crippen molar-refractivity contribution in [2.45, 2.75) is 58.3 Å². The fourth-order valence-electron chi connectivity index (χ4n) is 3.28. The summed E-state index contributed by atoms with van der Waals surface area (Å²) in [7, 11) is 0. The molecule has 7 heteroatoms. The predicted molar refractivity (Wildman–Crippen MR) is 101 cm³/mol. The average molecular weight is 373 g/mol. The fraction of sp³-hybridized carbons (Fsp3) is 0.550. The molecule has 1 N–H and O–H groups in total. The van der Waals surface area contributed by atoms with Gasteiger partial charge in [0.05, 0.1) is 17.1 Å². The highest BCUT2D eigenvalue weighted by Gasteiger charge is 2.23. The molecule has 27 heavy (non-hydrogen) atoms. The summed E-state index contributed by atoms with van der Waals surface area (Å²) in [6.07, 6.45) is 2.68. The number of nitrogens with zero attached hydrogens (tertiary/aromatic N) is 2. The maximum Gasteiger partial charge on any atom is 0.326 e. The van der Waals surface area contributed by atoms with Gasteiger partial charge in [-0.3, -0.25) is 9.59 Å². The molecule has 2 heterocycles. The first kappa shape index (κ1) is 19.4. The second-order valence-electron chi connectivity index (χ2n) is 7.04. The van der Waals surface area contributed by atoms with Crippen molar-refractivity contribution in [3.8, 4) is 0 Å². The maximum atomic E-state index is 12.1. The van der Waals surface area contributed by atoms with E-state index in [1.54, 1.807) is 0 Å². The molecule has 1 aliphatic rings. The number of carbonyl (C=O) groups is 2. The molecule has 146 valence electrons. The molecule has 2 aromatic rings.